The van der Waals surface area contributed by atoms with Crippen molar-refractivity contribution >= 4 is 11.9 Å². The van der Waals surface area contributed by atoms with Gasteiger partial charge in [-0.05, 0) is 24.2 Å². The number of carbonyl (C=O) groups is 2. The quantitative estimate of drug-likeness (QED) is 0.320. The SMILES string of the molecule is CCCCCCCCCC(CC(C(=O)O)C(=O)O)C(C)(C)C.[H-].[K+]. The molecule has 0 radical (unpaired) electrons. The van der Waals surface area contributed by atoms with Crippen LogP contribution in [-0.2, 0) is 9.59 Å². The average Bonchev–Trinajstić information content (AvgIpc) is 2.38. The van der Waals surface area contributed by atoms with E-state index in [0.717, 1.165) is 19.3 Å². The minimum absolute atomic E-state index is 0. The second-order valence-corrected chi connectivity index (χ2v) is 7.44. The van der Waals surface area contributed by atoms with Gasteiger partial charge in [0.2, 0.25) is 0 Å². The zero-order valence-electron chi connectivity index (χ0n) is 16.7. The van der Waals surface area contributed by atoms with Crippen molar-refractivity contribution in [2.45, 2.75) is 85.5 Å². The fourth-order valence-corrected chi connectivity index (χ4v) is 2.84. The summed E-state index contributed by atoms with van der Waals surface area (Å²) in [5.41, 5.74) is -0.0641. The van der Waals surface area contributed by atoms with E-state index in [1.165, 1.54) is 32.1 Å². The first-order valence-corrected chi connectivity index (χ1v) is 8.65. The smallest absolute Gasteiger partial charge is 1.00 e. The Morgan fingerprint density at radius 3 is 1.74 bits per heavy atom. The predicted octanol–water partition coefficient (Wildman–Crippen LogP) is 2.08. The summed E-state index contributed by atoms with van der Waals surface area (Å²) in [5, 5.41) is 18.1. The van der Waals surface area contributed by atoms with Crippen LogP contribution in [0.4, 0.5) is 0 Å². The zero-order chi connectivity index (χ0) is 17.2. The molecule has 0 bridgehead atoms. The van der Waals surface area contributed by atoms with E-state index < -0.39 is 17.9 Å². The fraction of sp³-hybridized carbons (Fsp3) is 0.889. The largest absolute Gasteiger partial charge is 1.00 e. The molecule has 0 fully saturated rings. The number of hydrogen-bond donors (Lipinski definition) is 2. The van der Waals surface area contributed by atoms with Crippen LogP contribution in [0.2, 0.25) is 0 Å². The molecule has 0 rings (SSSR count). The molecule has 0 aliphatic rings. The average molecular weight is 355 g/mol. The van der Waals surface area contributed by atoms with Gasteiger partial charge in [-0.2, -0.15) is 0 Å². The van der Waals surface area contributed by atoms with Crippen molar-refractivity contribution < 1.29 is 72.6 Å². The van der Waals surface area contributed by atoms with E-state index in [0.29, 0.717) is 0 Å². The van der Waals surface area contributed by atoms with Gasteiger partial charge >= 0.3 is 63.3 Å². The van der Waals surface area contributed by atoms with Crippen molar-refractivity contribution in [1.29, 1.82) is 0 Å². The van der Waals surface area contributed by atoms with Crippen LogP contribution < -0.4 is 51.4 Å². The van der Waals surface area contributed by atoms with E-state index in [2.05, 4.69) is 27.7 Å². The van der Waals surface area contributed by atoms with Gasteiger partial charge in [0.1, 0.15) is 0 Å². The molecule has 0 saturated heterocycles. The van der Waals surface area contributed by atoms with Gasteiger partial charge in [0.05, 0.1) is 0 Å². The van der Waals surface area contributed by atoms with Crippen LogP contribution >= 0.6 is 0 Å². The molecule has 23 heavy (non-hydrogen) atoms. The Hall–Kier alpha value is 0.576. The third-order valence-corrected chi connectivity index (χ3v) is 4.50. The molecule has 5 heteroatoms. The molecule has 2 N–H and O–H groups in total. The maximum Gasteiger partial charge on any atom is 1.00 e. The molecule has 0 aliphatic carbocycles. The van der Waals surface area contributed by atoms with E-state index >= 15 is 0 Å². The summed E-state index contributed by atoms with van der Waals surface area (Å²) in [6, 6.07) is 0. The standard InChI is InChI=1S/C18H34O4.K.H/c1-5-6-7-8-9-10-11-12-14(18(2,3)4)13-15(16(19)20)17(21)22;;/h14-15H,5-13H2,1-4H3,(H,19,20)(H,21,22);;/q;+1;-1. The predicted molar refractivity (Wildman–Crippen MR) is 90.0 cm³/mol. The van der Waals surface area contributed by atoms with Crippen LogP contribution in [0.15, 0.2) is 0 Å². The van der Waals surface area contributed by atoms with E-state index in [9.17, 15) is 9.59 Å². The van der Waals surface area contributed by atoms with Gasteiger partial charge in [0, 0.05) is 0 Å². The van der Waals surface area contributed by atoms with Gasteiger partial charge in [0.15, 0.2) is 5.92 Å². The molecule has 0 aromatic heterocycles. The molecule has 0 heterocycles. The first-order chi connectivity index (χ1) is 10.2. The normalized spacial score (nSPS) is 12.7. The minimum Gasteiger partial charge on any atom is -1.00 e. The number of rotatable bonds is 12. The van der Waals surface area contributed by atoms with Crippen LogP contribution in [-0.4, -0.2) is 22.2 Å². The Balaban J connectivity index is -0.00000220. The van der Waals surface area contributed by atoms with Crippen molar-refractivity contribution in [3.05, 3.63) is 0 Å². The molecule has 0 amide bonds. The first-order valence-electron chi connectivity index (χ1n) is 8.65. The first kappa shape index (κ1) is 25.8. The summed E-state index contributed by atoms with van der Waals surface area (Å²) in [6.07, 6.45) is 9.67. The van der Waals surface area contributed by atoms with Gasteiger partial charge < -0.3 is 11.6 Å². The number of aliphatic carboxylic acids is 2. The molecule has 1 unspecified atom stereocenters. The third-order valence-electron chi connectivity index (χ3n) is 4.50. The molecule has 4 nitrogen and oxygen atoms in total. The van der Waals surface area contributed by atoms with Crippen LogP contribution in [0.5, 0.6) is 0 Å². The minimum atomic E-state index is -1.28. The Labute approximate surface area is 185 Å². The van der Waals surface area contributed by atoms with Gasteiger partial charge in [0.25, 0.3) is 0 Å². The van der Waals surface area contributed by atoms with E-state index in [-0.39, 0.29) is 70.6 Å². The van der Waals surface area contributed by atoms with Crippen molar-refractivity contribution in [2.24, 2.45) is 17.3 Å². The van der Waals surface area contributed by atoms with Crippen LogP contribution in [0.3, 0.4) is 0 Å². The molecular weight excluding hydrogens is 319 g/mol. The van der Waals surface area contributed by atoms with Gasteiger partial charge in [-0.15, -0.1) is 0 Å². The molecule has 0 saturated carbocycles. The summed E-state index contributed by atoms with van der Waals surface area (Å²) in [6.45, 7) is 8.41. The van der Waals surface area contributed by atoms with Crippen molar-refractivity contribution in [1.82, 2.24) is 0 Å². The van der Waals surface area contributed by atoms with Crippen LogP contribution in [0.1, 0.15) is 86.9 Å². The fourth-order valence-electron chi connectivity index (χ4n) is 2.84. The molecule has 0 aliphatic heterocycles. The Morgan fingerprint density at radius 1 is 0.913 bits per heavy atom. The maximum atomic E-state index is 11.1. The Kier molecular flexibility index (Phi) is 15.5. The van der Waals surface area contributed by atoms with Gasteiger partial charge in [-0.25, -0.2) is 0 Å². The zero-order valence-corrected chi connectivity index (χ0v) is 18.9. The molecule has 0 aromatic rings. The van der Waals surface area contributed by atoms with Crippen molar-refractivity contribution in [2.75, 3.05) is 0 Å². The topological polar surface area (TPSA) is 74.6 Å². The monoisotopic (exact) mass is 354 g/mol. The van der Waals surface area contributed by atoms with E-state index in [4.69, 9.17) is 10.2 Å². The van der Waals surface area contributed by atoms with Crippen molar-refractivity contribution in [3.63, 3.8) is 0 Å². The summed E-state index contributed by atoms with van der Waals surface area (Å²) < 4.78 is 0. The molecule has 0 spiro atoms. The van der Waals surface area contributed by atoms with Crippen LogP contribution in [0, 0.1) is 17.3 Å². The van der Waals surface area contributed by atoms with Gasteiger partial charge in [-0.3, -0.25) is 9.59 Å². The third kappa shape index (κ3) is 12.6. The second-order valence-electron chi connectivity index (χ2n) is 7.44. The summed E-state index contributed by atoms with van der Waals surface area (Å²) in [7, 11) is 0. The number of carboxylic acids is 2. The molecule has 132 valence electrons. The molecule has 1 atom stereocenters. The summed E-state index contributed by atoms with van der Waals surface area (Å²) in [5.74, 6) is -3.60. The maximum absolute atomic E-state index is 11.1. The van der Waals surface area contributed by atoms with E-state index in [1.807, 2.05) is 0 Å². The number of unbranched alkanes of at least 4 members (excludes halogenated alkanes) is 6. The summed E-state index contributed by atoms with van der Waals surface area (Å²) in [4.78, 5) is 22.2. The van der Waals surface area contributed by atoms with Crippen molar-refractivity contribution in [3.8, 4) is 0 Å². The van der Waals surface area contributed by atoms with Gasteiger partial charge in [-0.1, -0.05) is 72.6 Å². The Bertz CT molecular complexity index is 328. The molecule has 0 aromatic carbocycles. The molecular formula is C18H35KO4. The van der Waals surface area contributed by atoms with Crippen LogP contribution in [0.25, 0.3) is 0 Å². The second kappa shape index (κ2) is 13.8. The number of hydrogen-bond acceptors (Lipinski definition) is 2. The summed E-state index contributed by atoms with van der Waals surface area (Å²) >= 11 is 0. The number of carboxylic acid groups (broad SMARTS) is 2. The Morgan fingerprint density at radius 2 is 1.35 bits per heavy atom. The van der Waals surface area contributed by atoms with E-state index in [1.54, 1.807) is 0 Å².